The van der Waals surface area contributed by atoms with Gasteiger partial charge >= 0.3 is 0 Å². The summed E-state index contributed by atoms with van der Waals surface area (Å²) >= 11 is 0. The third-order valence-electron chi connectivity index (χ3n) is 4.74. The molecule has 0 radical (unpaired) electrons. The van der Waals surface area contributed by atoms with Crippen LogP contribution in [-0.4, -0.2) is 40.7 Å². The van der Waals surface area contributed by atoms with Crippen LogP contribution in [0.1, 0.15) is 42.8 Å². The molecule has 1 amide bonds. The lowest BCUT2D eigenvalue weighted by Crippen LogP contribution is -2.29. The highest BCUT2D eigenvalue weighted by molar-refractivity contribution is 5.79. The Morgan fingerprint density at radius 2 is 1.93 bits per heavy atom. The average Bonchev–Trinajstić information content (AvgIpc) is 2.86. The fourth-order valence-corrected chi connectivity index (χ4v) is 3.29. The Morgan fingerprint density at radius 3 is 2.59 bits per heavy atom. The summed E-state index contributed by atoms with van der Waals surface area (Å²) in [7, 11) is 2.12. The monoisotopic (exact) mass is 370 g/mol. The molecular weight excluding hydrogens is 336 g/mol. The Labute approximate surface area is 163 Å². The number of nitrogens with zero attached hydrogens (tertiary/aromatic N) is 3. The van der Waals surface area contributed by atoms with Crippen molar-refractivity contribution >= 4 is 5.91 Å². The number of rotatable bonds is 10. The van der Waals surface area contributed by atoms with E-state index in [4.69, 9.17) is 0 Å². The Hall–Kier alpha value is -2.14. The topological polar surface area (TPSA) is 50.2 Å². The van der Waals surface area contributed by atoms with Crippen molar-refractivity contribution in [1.82, 2.24) is 20.0 Å². The molecule has 27 heavy (non-hydrogen) atoms. The molecule has 1 heterocycles. The van der Waals surface area contributed by atoms with Crippen LogP contribution in [0.3, 0.4) is 0 Å². The van der Waals surface area contributed by atoms with Gasteiger partial charge < -0.3 is 10.2 Å². The SMILES string of the molecule is Cc1nn(CC(C)C)c(C)c1CC(=O)NCCCN(C)Cc1ccccc1. The molecule has 0 bridgehead atoms. The molecule has 0 atom stereocenters. The first kappa shape index (κ1) is 21.2. The fraction of sp³-hybridized carbons (Fsp3) is 0.545. The van der Waals surface area contributed by atoms with Crippen molar-refractivity contribution in [3.8, 4) is 0 Å². The van der Waals surface area contributed by atoms with Crippen LogP contribution >= 0.6 is 0 Å². The molecule has 1 N–H and O–H groups in total. The molecule has 5 nitrogen and oxygen atoms in total. The van der Waals surface area contributed by atoms with E-state index in [0.717, 1.165) is 43.0 Å². The molecular formula is C22H34N4O. The number of hydrogen-bond donors (Lipinski definition) is 1. The normalized spacial score (nSPS) is 11.4. The van der Waals surface area contributed by atoms with Crippen molar-refractivity contribution in [2.75, 3.05) is 20.1 Å². The molecule has 0 unspecified atom stereocenters. The van der Waals surface area contributed by atoms with Crippen LogP contribution in [0.4, 0.5) is 0 Å². The van der Waals surface area contributed by atoms with Crippen molar-refractivity contribution in [1.29, 1.82) is 0 Å². The van der Waals surface area contributed by atoms with Crippen LogP contribution in [-0.2, 0) is 24.3 Å². The highest BCUT2D eigenvalue weighted by Crippen LogP contribution is 2.15. The smallest absolute Gasteiger partial charge is 0.224 e. The lowest BCUT2D eigenvalue weighted by Gasteiger charge is -2.16. The summed E-state index contributed by atoms with van der Waals surface area (Å²) in [5, 5.41) is 7.65. The van der Waals surface area contributed by atoms with Crippen LogP contribution in [0.15, 0.2) is 30.3 Å². The average molecular weight is 371 g/mol. The number of aromatic nitrogens is 2. The van der Waals surface area contributed by atoms with E-state index >= 15 is 0 Å². The lowest BCUT2D eigenvalue weighted by molar-refractivity contribution is -0.120. The number of carbonyl (C=O) groups excluding carboxylic acids is 1. The van der Waals surface area contributed by atoms with Crippen molar-refractivity contribution < 1.29 is 4.79 Å². The maximum Gasteiger partial charge on any atom is 0.224 e. The number of amides is 1. The predicted octanol–water partition coefficient (Wildman–Crippen LogP) is 3.34. The van der Waals surface area contributed by atoms with Gasteiger partial charge in [-0.25, -0.2) is 0 Å². The third kappa shape index (κ3) is 6.83. The quantitative estimate of drug-likeness (QED) is 0.653. The van der Waals surface area contributed by atoms with Crippen molar-refractivity contribution in [2.24, 2.45) is 5.92 Å². The van der Waals surface area contributed by atoms with E-state index in [1.165, 1.54) is 5.56 Å². The van der Waals surface area contributed by atoms with E-state index in [9.17, 15) is 4.79 Å². The van der Waals surface area contributed by atoms with Gasteiger partial charge in [-0.05, 0) is 45.3 Å². The van der Waals surface area contributed by atoms with Crippen molar-refractivity contribution in [3.05, 3.63) is 52.8 Å². The van der Waals surface area contributed by atoms with Crippen LogP contribution in [0, 0.1) is 19.8 Å². The second-order valence-electron chi connectivity index (χ2n) is 7.83. The first-order valence-corrected chi connectivity index (χ1v) is 9.89. The van der Waals surface area contributed by atoms with Gasteiger partial charge in [-0.1, -0.05) is 44.2 Å². The molecule has 0 aliphatic carbocycles. The Balaban J connectivity index is 1.73. The van der Waals surface area contributed by atoms with Crippen molar-refractivity contribution in [3.63, 3.8) is 0 Å². The second kappa shape index (κ2) is 10.3. The third-order valence-corrected chi connectivity index (χ3v) is 4.74. The Kier molecular flexibility index (Phi) is 8.04. The fourth-order valence-electron chi connectivity index (χ4n) is 3.29. The van der Waals surface area contributed by atoms with Gasteiger partial charge in [-0.15, -0.1) is 0 Å². The summed E-state index contributed by atoms with van der Waals surface area (Å²) in [6, 6.07) is 10.5. The van der Waals surface area contributed by atoms with Gasteiger partial charge in [0.05, 0.1) is 12.1 Å². The Bertz CT molecular complexity index is 721. The summed E-state index contributed by atoms with van der Waals surface area (Å²) in [5.74, 6) is 0.619. The van der Waals surface area contributed by atoms with Gasteiger partial charge in [0.25, 0.3) is 0 Å². The van der Waals surface area contributed by atoms with Gasteiger partial charge in [0.1, 0.15) is 0 Å². The minimum atomic E-state index is 0.0796. The van der Waals surface area contributed by atoms with Crippen LogP contribution in [0.25, 0.3) is 0 Å². The molecule has 2 aromatic rings. The largest absolute Gasteiger partial charge is 0.356 e. The van der Waals surface area contributed by atoms with Gasteiger partial charge in [0.2, 0.25) is 5.91 Å². The number of hydrogen-bond acceptors (Lipinski definition) is 3. The number of benzene rings is 1. The van der Waals surface area contributed by atoms with E-state index in [2.05, 4.69) is 67.4 Å². The molecule has 5 heteroatoms. The summed E-state index contributed by atoms with van der Waals surface area (Å²) in [4.78, 5) is 14.6. The molecule has 0 saturated carbocycles. The maximum absolute atomic E-state index is 12.3. The van der Waals surface area contributed by atoms with E-state index in [1.54, 1.807) is 0 Å². The maximum atomic E-state index is 12.3. The van der Waals surface area contributed by atoms with E-state index in [1.807, 2.05) is 17.7 Å². The lowest BCUT2D eigenvalue weighted by atomic mass is 10.1. The number of carbonyl (C=O) groups is 1. The van der Waals surface area contributed by atoms with Gasteiger partial charge in [0, 0.05) is 30.9 Å². The number of nitrogens with one attached hydrogen (secondary N) is 1. The van der Waals surface area contributed by atoms with Crippen LogP contribution in [0.2, 0.25) is 0 Å². The first-order chi connectivity index (χ1) is 12.9. The summed E-state index contributed by atoms with van der Waals surface area (Å²) < 4.78 is 2.03. The highest BCUT2D eigenvalue weighted by atomic mass is 16.1. The molecule has 148 valence electrons. The minimum absolute atomic E-state index is 0.0796. The number of aryl methyl sites for hydroxylation is 1. The van der Waals surface area contributed by atoms with Crippen LogP contribution in [0.5, 0.6) is 0 Å². The second-order valence-corrected chi connectivity index (χ2v) is 7.83. The predicted molar refractivity (Wildman–Crippen MR) is 111 cm³/mol. The van der Waals surface area contributed by atoms with E-state index in [-0.39, 0.29) is 5.91 Å². The summed E-state index contributed by atoms with van der Waals surface area (Å²) in [6.45, 7) is 11.9. The zero-order chi connectivity index (χ0) is 19.8. The first-order valence-electron chi connectivity index (χ1n) is 9.89. The van der Waals surface area contributed by atoms with Crippen molar-refractivity contribution in [2.45, 2.75) is 53.6 Å². The highest BCUT2D eigenvalue weighted by Gasteiger charge is 2.15. The molecule has 0 aliphatic rings. The van der Waals surface area contributed by atoms with E-state index < -0.39 is 0 Å². The van der Waals surface area contributed by atoms with Gasteiger partial charge in [-0.3, -0.25) is 9.48 Å². The summed E-state index contributed by atoms with van der Waals surface area (Å²) in [5.41, 5.74) is 4.45. The molecule has 1 aromatic heterocycles. The molecule has 0 fully saturated rings. The molecule has 0 spiro atoms. The van der Waals surface area contributed by atoms with Crippen LogP contribution < -0.4 is 5.32 Å². The van der Waals surface area contributed by atoms with Gasteiger partial charge in [-0.2, -0.15) is 5.10 Å². The zero-order valence-electron chi connectivity index (χ0n) is 17.5. The molecule has 0 saturated heterocycles. The summed E-state index contributed by atoms with van der Waals surface area (Å²) in [6.07, 6.45) is 1.36. The minimum Gasteiger partial charge on any atom is -0.356 e. The zero-order valence-corrected chi connectivity index (χ0v) is 17.5. The Morgan fingerprint density at radius 1 is 1.22 bits per heavy atom. The molecule has 0 aliphatic heterocycles. The molecule has 2 rings (SSSR count). The van der Waals surface area contributed by atoms with Gasteiger partial charge in [0.15, 0.2) is 0 Å². The van der Waals surface area contributed by atoms with E-state index in [0.29, 0.717) is 18.9 Å². The molecule has 1 aromatic carbocycles. The standard InChI is InChI=1S/C22H34N4O/c1-17(2)15-26-19(4)21(18(3)24-26)14-22(27)23-12-9-13-25(5)16-20-10-7-6-8-11-20/h6-8,10-11,17H,9,12-16H2,1-5H3,(H,23,27).